The van der Waals surface area contributed by atoms with Crippen LogP contribution in [0.25, 0.3) is 0 Å². The number of aromatic nitrogens is 1. The summed E-state index contributed by atoms with van der Waals surface area (Å²) in [5.41, 5.74) is 1.73. The molecule has 0 aliphatic heterocycles. The average Bonchev–Trinajstić information content (AvgIpc) is 2.68. The lowest BCUT2D eigenvalue weighted by Gasteiger charge is -2.01. The molecule has 0 aliphatic carbocycles. The molecule has 0 atom stereocenters. The second-order valence-corrected chi connectivity index (χ2v) is 6.25. The number of aromatic hydroxyl groups is 1. The molecule has 0 aliphatic rings. The largest absolute Gasteiger partial charge is 0.506 e. The van der Waals surface area contributed by atoms with E-state index in [9.17, 15) is 5.11 Å². The Morgan fingerprint density at radius 1 is 1.37 bits per heavy atom. The quantitative estimate of drug-likeness (QED) is 0.457. The maximum Gasteiger partial charge on any atom is 0.229 e. The zero-order chi connectivity index (χ0) is 14.0. The Hall–Kier alpha value is -1.12. The molecule has 5 nitrogen and oxygen atoms in total. The summed E-state index contributed by atoms with van der Waals surface area (Å²) >= 11 is 7.93. The third-order valence-electron chi connectivity index (χ3n) is 2.31. The minimum Gasteiger partial charge on any atom is -0.506 e. The Kier molecular flexibility index (Phi) is 4.43. The molecule has 0 saturated heterocycles. The maximum atomic E-state index is 9.59. The molecule has 0 radical (unpaired) electrons. The first-order valence-electron chi connectivity index (χ1n) is 5.16. The van der Waals surface area contributed by atoms with Gasteiger partial charge in [0, 0.05) is 11.1 Å². The molecular weight excluding hydrogens is 396 g/mol. The molecule has 0 bridgehead atoms. The van der Waals surface area contributed by atoms with Crippen LogP contribution in [0.2, 0.25) is 0 Å². The molecule has 19 heavy (non-hydrogen) atoms. The Morgan fingerprint density at radius 2 is 2.00 bits per heavy atom. The van der Waals surface area contributed by atoms with Gasteiger partial charge in [-0.15, -0.1) is 16.4 Å². The highest BCUT2D eigenvalue weighted by Gasteiger charge is 2.04. The number of halogens is 2. The van der Waals surface area contributed by atoms with Crippen LogP contribution in [0, 0.1) is 6.92 Å². The highest BCUT2D eigenvalue weighted by Crippen LogP contribution is 2.32. The SMILES string of the molecule is Cc1cs/c(=N\N=C\c2cc(Br)c(O)c(Br)c2)n1N. The Bertz CT molecular complexity index is 682. The first kappa shape index (κ1) is 14.3. The highest BCUT2D eigenvalue weighted by molar-refractivity contribution is 9.11. The van der Waals surface area contributed by atoms with Gasteiger partial charge in [0.2, 0.25) is 4.80 Å². The van der Waals surface area contributed by atoms with E-state index < -0.39 is 0 Å². The van der Waals surface area contributed by atoms with E-state index in [1.807, 2.05) is 12.3 Å². The highest BCUT2D eigenvalue weighted by atomic mass is 79.9. The second kappa shape index (κ2) is 5.89. The van der Waals surface area contributed by atoms with Crippen LogP contribution in [0.1, 0.15) is 11.3 Å². The van der Waals surface area contributed by atoms with Crippen LogP contribution < -0.4 is 10.6 Å². The van der Waals surface area contributed by atoms with Crippen molar-refractivity contribution in [2.24, 2.45) is 10.2 Å². The summed E-state index contributed by atoms with van der Waals surface area (Å²) in [6.45, 7) is 1.90. The zero-order valence-electron chi connectivity index (χ0n) is 9.84. The molecule has 1 heterocycles. The number of phenolic OH excluding ortho intramolecular Hbond substituents is 1. The molecule has 3 N–H and O–H groups in total. The number of nitrogens with two attached hydrogens (primary N) is 1. The lowest BCUT2D eigenvalue weighted by molar-refractivity contribution is 0.468. The summed E-state index contributed by atoms with van der Waals surface area (Å²) in [4.78, 5) is 0.616. The predicted molar refractivity (Wildman–Crippen MR) is 83.9 cm³/mol. The van der Waals surface area contributed by atoms with E-state index in [-0.39, 0.29) is 5.75 Å². The fourth-order valence-electron chi connectivity index (χ4n) is 1.28. The number of nitrogens with zero attached hydrogens (tertiary/aromatic N) is 3. The van der Waals surface area contributed by atoms with Gasteiger partial charge >= 0.3 is 0 Å². The summed E-state index contributed by atoms with van der Waals surface area (Å²) in [7, 11) is 0. The van der Waals surface area contributed by atoms with Crippen molar-refractivity contribution in [3.8, 4) is 5.75 Å². The van der Waals surface area contributed by atoms with Crippen LogP contribution in [0.3, 0.4) is 0 Å². The van der Waals surface area contributed by atoms with Gasteiger partial charge in [-0.2, -0.15) is 5.10 Å². The van der Waals surface area contributed by atoms with Crippen molar-refractivity contribution >= 4 is 49.4 Å². The third-order valence-corrected chi connectivity index (χ3v) is 4.47. The Morgan fingerprint density at radius 3 is 2.53 bits per heavy atom. The lowest BCUT2D eigenvalue weighted by atomic mass is 10.2. The van der Waals surface area contributed by atoms with E-state index in [2.05, 4.69) is 42.1 Å². The Labute approximate surface area is 130 Å². The van der Waals surface area contributed by atoms with Gasteiger partial charge in [0.1, 0.15) is 5.75 Å². The van der Waals surface area contributed by atoms with E-state index in [4.69, 9.17) is 5.84 Å². The molecule has 1 aromatic carbocycles. The number of nitrogen functional groups attached to an aromatic ring is 1. The molecule has 0 unspecified atom stereocenters. The molecular formula is C11H10Br2N4OS. The van der Waals surface area contributed by atoms with E-state index in [1.165, 1.54) is 16.0 Å². The molecule has 2 aromatic rings. The molecule has 0 amide bonds. The molecule has 0 fully saturated rings. The van der Waals surface area contributed by atoms with Crippen molar-refractivity contribution in [1.82, 2.24) is 4.68 Å². The third kappa shape index (κ3) is 3.26. The van der Waals surface area contributed by atoms with E-state index in [0.29, 0.717) is 13.7 Å². The van der Waals surface area contributed by atoms with Crippen molar-refractivity contribution in [2.75, 3.05) is 5.84 Å². The number of rotatable bonds is 2. The molecule has 0 spiro atoms. The standard InChI is InChI=1S/C11H10Br2N4OS/c1-6-5-19-11(17(6)14)16-15-4-7-2-8(12)10(18)9(13)3-7/h2-5,18H,14H2,1H3/b15-4+,16-11-. The van der Waals surface area contributed by atoms with Gasteiger partial charge in [0.05, 0.1) is 15.2 Å². The van der Waals surface area contributed by atoms with E-state index in [1.54, 1.807) is 18.3 Å². The number of hydrogen-bond donors (Lipinski definition) is 2. The number of benzene rings is 1. The van der Waals surface area contributed by atoms with Crippen LogP contribution in [-0.4, -0.2) is 16.0 Å². The van der Waals surface area contributed by atoms with Crippen LogP contribution in [-0.2, 0) is 0 Å². The summed E-state index contributed by atoms with van der Waals surface area (Å²) in [6.07, 6.45) is 1.59. The monoisotopic (exact) mass is 404 g/mol. The van der Waals surface area contributed by atoms with Crippen LogP contribution in [0.5, 0.6) is 5.75 Å². The summed E-state index contributed by atoms with van der Waals surface area (Å²) < 4.78 is 2.65. The van der Waals surface area contributed by atoms with Crippen LogP contribution in [0.4, 0.5) is 0 Å². The number of aryl methyl sites for hydroxylation is 1. The Balaban J connectivity index is 2.29. The van der Waals surface area contributed by atoms with Gasteiger partial charge in [-0.3, -0.25) is 0 Å². The van der Waals surface area contributed by atoms with Gasteiger partial charge in [-0.25, -0.2) is 4.68 Å². The summed E-state index contributed by atoms with van der Waals surface area (Å²) in [5.74, 6) is 5.92. The molecule has 0 saturated carbocycles. The number of hydrogen-bond acceptors (Lipinski definition) is 5. The maximum absolute atomic E-state index is 9.59. The predicted octanol–water partition coefficient (Wildman–Crippen LogP) is 2.74. The molecule has 100 valence electrons. The normalized spacial score (nSPS) is 12.5. The summed E-state index contributed by atoms with van der Waals surface area (Å²) in [5, 5.41) is 19.5. The fourth-order valence-corrected chi connectivity index (χ4v) is 3.24. The van der Waals surface area contributed by atoms with Gasteiger partial charge in [0.25, 0.3) is 0 Å². The molecule has 8 heteroatoms. The minimum absolute atomic E-state index is 0.155. The fraction of sp³-hybridized carbons (Fsp3) is 0.0909. The van der Waals surface area contributed by atoms with Crippen molar-refractivity contribution in [2.45, 2.75) is 6.92 Å². The molecule has 1 aromatic heterocycles. The smallest absolute Gasteiger partial charge is 0.229 e. The number of thiazole rings is 1. The zero-order valence-corrected chi connectivity index (χ0v) is 13.8. The van der Waals surface area contributed by atoms with Crippen molar-refractivity contribution < 1.29 is 5.11 Å². The lowest BCUT2D eigenvalue weighted by Crippen LogP contribution is -2.23. The summed E-state index contributed by atoms with van der Waals surface area (Å²) in [6, 6.07) is 3.49. The molecule has 2 rings (SSSR count). The minimum atomic E-state index is 0.155. The average molecular weight is 406 g/mol. The van der Waals surface area contributed by atoms with Crippen molar-refractivity contribution in [1.29, 1.82) is 0 Å². The van der Waals surface area contributed by atoms with Gasteiger partial charge in [-0.1, -0.05) is 0 Å². The van der Waals surface area contributed by atoms with E-state index in [0.717, 1.165) is 11.3 Å². The van der Waals surface area contributed by atoms with Crippen molar-refractivity contribution in [3.05, 3.63) is 42.5 Å². The van der Waals surface area contributed by atoms with Crippen LogP contribution >= 0.6 is 43.2 Å². The topological polar surface area (TPSA) is 75.9 Å². The van der Waals surface area contributed by atoms with E-state index >= 15 is 0 Å². The van der Waals surface area contributed by atoms with Gasteiger partial charge < -0.3 is 10.9 Å². The van der Waals surface area contributed by atoms with Crippen LogP contribution in [0.15, 0.2) is 36.7 Å². The first-order chi connectivity index (χ1) is 8.99. The first-order valence-corrected chi connectivity index (χ1v) is 7.63. The van der Waals surface area contributed by atoms with Crippen molar-refractivity contribution in [3.63, 3.8) is 0 Å². The second-order valence-electron chi connectivity index (χ2n) is 3.71. The van der Waals surface area contributed by atoms with Gasteiger partial charge in [-0.05, 0) is 56.5 Å². The number of phenols is 1. The van der Waals surface area contributed by atoms with Gasteiger partial charge in [0.15, 0.2) is 0 Å².